The number of rotatable bonds is 3. The Labute approximate surface area is 103 Å². The maximum Gasteiger partial charge on any atom is 0.0537 e. The third kappa shape index (κ3) is 2.24. The fourth-order valence-corrected chi connectivity index (χ4v) is 3.50. The van der Waals surface area contributed by atoms with Crippen molar-refractivity contribution in [2.75, 3.05) is 19.6 Å². The summed E-state index contributed by atoms with van der Waals surface area (Å²) < 4.78 is 1.83. The second-order valence-electron chi connectivity index (χ2n) is 5.72. The molecule has 0 aromatic carbocycles. The Balaban J connectivity index is 1.57. The lowest BCUT2D eigenvalue weighted by Gasteiger charge is -2.20. The third-order valence-electron chi connectivity index (χ3n) is 4.41. The summed E-state index contributed by atoms with van der Waals surface area (Å²) in [6.07, 6.45) is 8.23. The molecular formula is C13H22N4. The summed E-state index contributed by atoms with van der Waals surface area (Å²) in [4.78, 5) is 2.55. The first kappa shape index (κ1) is 11.2. The average Bonchev–Trinajstić information content (AvgIpc) is 2.92. The highest BCUT2D eigenvalue weighted by Gasteiger charge is 2.36. The highest BCUT2D eigenvalue weighted by molar-refractivity contribution is 5.10. The molecule has 17 heavy (non-hydrogen) atoms. The second kappa shape index (κ2) is 4.42. The molecule has 94 valence electrons. The van der Waals surface area contributed by atoms with Crippen LogP contribution >= 0.6 is 0 Å². The molecule has 0 bridgehead atoms. The van der Waals surface area contributed by atoms with Crippen molar-refractivity contribution < 1.29 is 0 Å². The second-order valence-corrected chi connectivity index (χ2v) is 5.72. The van der Waals surface area contributed by atoms with Gasteiger partial charge >= 0.3 is 0 Å². The molecule has 1 aliphatic carbocycles. The van der Waals surface area contributed by atoms with Crippen molar-refractivity contribution in [1.82, 2.24) is 14.7 Å². The van der Waals surface area contributed by atoms with E-state index in [0.717, 1.165) is 23.9 Å². The van der Waals surface area contributed by atoms with Gasteiger partial charge in [0.25, 0.3) is 0 Å². The van der Waals surface area contributed by atoms with Crippen LogP contribution in [-0.2, 0) is 7.05 Å². The lowest BCUT2D eigenvalue weighted by Crippen LogP contribution is -2.31. The summed E-state index contributed by atoms with van der Waals surface area (Å²) in [5.41, 5.74) is 7.40. The summed E-state index contributed by atoms with van der Waals surface area (Å²) >= 11 is 0. The van der Waals surface area contributed by atoms with Crippen LogP contribution in [0.25, 0.3) is 0 Å². The Morgan fingerprint density at radius 1 is 1.41 bits per heavy atom. The van der Waals surface area contributed by atoms with E-state index >= 15 is 0 Å². The molecule has 1 saturated carbocycles. The van der Waals surface area contributed by atoms with Crippen LogP contribution < -0.4 is 5.73 Å². The van der Waals surface area contributed by atoms with Gasteiger partial charge < -0.3 is 10.6 Å². The van der Waals surface area contributed by atoms with Gasteiger partial charge in [-0.25, -0.2) is 0 Å². The molecule has 1 aromatic rings. The molecule has 2 fully saturated rings. The first-order valence-electron chi connectivity index (χ1n) is 6.69. The fourth-order valence-electron chi connectivity index (χ4n) is 3.50. The molecule has 0 radical (unpaired) electrons. The maximum absolute atomic E-state index is 6.24. The SMILES string of the molecule is Cn1cc(C(N)CN2CC3CCCC3C2)cn1. The smallest absolute Gasteiger partial charge is 0.0537 e. The molecule has 2 aliphatic rings. The van der Waals surface area contributed by atoms with Gasteiger partial charge in [0.05, 0.1) is 6.20 Å². The molecule has 2 N–H and O–H groups in total. The zero-order valence-electron chi connectivity index (χ0n) is 10.5. The van der Waals surface area contributed by atoms with E-state index in [9.17, 15) is 0 Å². The molecule has 1 saturated heterocycles. The lowest BCUT2D eigenvalue weighted by atomic mass is 10.0. The van der Waals surface area contributed by atoms with Crippen LogP contribution in [0.2, 0.25) is 0 Å². The van der Waals surface area contributed by atoms with Gasteiger partial charge in [0.15, 0.2) is 0 Å². The van der Waals surface area contributed by atoms with E-state index in [2.05, 4.69) is 10.00 Å². The van der Waals surface area contributed by atoms with Crippen molar-refractivity contribution >= 4 is 0 Å². The molecule has 3 rings (SSSR count). The van der Waals surface area contributed by atoms with Crippen molar-refractivity contribution in [3.05, 3.63) is 18.0 Å². The number of hydrogen-bond donors (Lipinski definition) is 1. The van der Waals surface area contributed by atoms with Crippen LogP contribution in [0.15, 0.2) is 12.4 Å². The fraction of sp³-hybridized carbons (Fsp3) is 0.769. The third-order valence-corrected chi connectivity index (χ3v) is 4.41. The van der Waals surface area contributed by atoms with Gasteiger partial charge in [-0.3, -0.25) is 4.68 Å². The van der Waals surface area contributed by atoms with E-state index in [1.165, 1.54) is 32.4 Å². The minimum atomic E-state index is 0.113. The molecule has 4 heteroatoms. The largest absolute Gasteiger partial charge is 0.323 e. The van der Waals surface area contributed by atoms with Crippen LogP contribution in [0, 0.1) is 11.8 Å². The molecule has 1 aliphatic heterocycles. The van der Waals surface area contributed by atoms with E-state index in [4.69, 9.17) is 5.73 Å². The summed E-state index contributed by atoms with van der Waals surface area (Å²) in [5.74, 6) is 1.91. The van der Waals surface area contributed by atoms with E-state index in [1.54, 1.807) is 0 Å². The summed E-state index contributed by atoms with van der Waals surface area (Å²) in [6, 6.07) is 0.113. The van der Waals surface area contributed by atoms with Gasteiger partial charge in [0, 0.05) is 44.5 Å². The van der Waals surface area contributed by atoms with Gasteiger partial charge in [-0.1, -0.05) is 6.42 Å². The summed E-state index contributed by atoms with van der Waals surface area (Å²) in [7, 11) is 1.94. The van der Waals surface area contributed by atoms with Crippen molar-refractivity contribution in [2.24, 2.45) is 24.6 Å². The number of nitrogens with zero attached hydrogens (tertiary/aromatic N) is 3. The summed E-state index contributed by atoms with van der Waals surface area (Å²) in [6.45, 7) is 3.51. The standard InChI is InChI=1S/C13H22N4/c1-16-6-12(5-15-16)13(14)9-17-7-10-3-2-4-11(10)8-17/h5-6,10-11,13H,2-4,7-9,14H2,1H3. The van der Waals surface area contributed by atoms with Crippen LogP contribution in [0.3, 0.4) is 0 Å². The zero-order valence-corrected chi connectivity index (χ0v) is 10.5. The Morgan fingerprint density at radius 2 is 2.12 bits per heavy atom. The first-order valence-corrected chi connectivity index (χ1v) is 6.69. The molecular weight excluding hydrogens is 212 g/mol. The van der Waals surface area contributed by atoms with Crippen molar-refractivity contribution in [2.45, 2.75) is 25.3 Å². The van der Waals surface area contributed by atoms with Gasteiger partial charge in [-0.15, -0.1) is 0 Å². The molecule has 3 atom stereocenters. The van der Waals surface area contributed by atoms with E-state index in [0.29, 0.717) is 0 Å². The van der Waals surface area contributed by atoms with Crippen LogP contribution in [-0.4, -0.2) is 34.3 Å². The number of aromatic nitrogens is 2. The predicted molar refractivity (Wildman–Crippen MR) is 67.4 cm³/mol. The minimum absolute atomic E-state index is 0.113. The number of fused-ring (bicyclic) bond motifs is 1. The molecule has 3 unspecified atom stereocenters. The Kier molecular flexibility index (Phi) is 2.92. The minimum Gasteiger partial charge on any atom is -0.323 e. The van der Waals surface area contributed by atoms with Gasteiger partial charge in [-0.2, -0.15) is 5.10 Å². The monoisotopic (exact) mass is 234 g/mol. The van der Waals surface area contributed by atoms with Gasteiger partial charge in [-0.05, 0) is 24.7 Å². The Bertz CT molecular complexity index is 375. The average molecular weight is 234 g/mol. The zero-order chi connectivity index (χ0) is 11.8. The molecule has 4 nitrogen and oxygen atoms in total. The highest BCUT2D eigenvalue weighted by atomic mass is 15.2. The Morgan fingerprint density at radius 3 is 2.71 bits per heavy atom. The van der Waals surface area contributed by atoms with Crippen molar-refractivity contribution in [1.29, 1.82) is 0 Å². The highest BCUT2D eigenvalue weighted by Crippen LogP contribution is 2.37. The molecule has 0 amide bonds. The van der Waals surface area contributed by atoms with Gasteiger partial charge in [0.2, 0.25) is 0 Å². The number of nitrogens with two attached hydrogens (primary N) is 1. The van der Waals surface area contributed by atoms with Crippen molar-refractivity contribution in [3.8, 4) is 0 Å². The number of hydrogen-bond acceptors (Lipinski definition) is 3. The molecule has 0 spiro atoms. The van der Waals surface area contributed by atoms with Crippen LogP contribution in [0.1, 0.15) is 30.9 Å². The number of likely N-dealkylation sites (tertiary alicyclic amines) is 1. The predicted octanol–water partition coefficient (Wildman–Crippen LogP) is 1.15. The molecule has 2 heterocycles. The quantitative estimate of drug-likeness (QED) is 0.853. The lowest BCUT2D eigenvalue weighted by molar-refractivity contribution is 0.292. The van der Waals surface area contributed by atoms with Crippen LogP contribution in [0.4, 0.5) is 0 Å². The first-order chi connectivity index (χ1) is 8.22. The van der Waals surface area contributed by atoms with E-state index in [1.807, 2.05) is 24.1 Å². The maximum atomic E-state index is 6.24. The van der Waals surface area contributed by atoms with E-state index < -0.39 is 0 Å². The normalized spacial score (nSPS) is 30.7. The number of aryl methyl sites for hydroxylation is 1. The van der Waals surface area contributed by atoms with Crippen molar-refractivity contribution in [3.63, 3.8) is 0 Å². The van der Waals surface area contributed by atoms with E-state index in [-0.39, 0.29) is 6.04 Å². The van der Waals surface area contributed by atoms with Crippen LogP contribution in [0.5, 0.6) is 0 Å². The topological polar surface area (TPSA) is 47.1 Å². The van der Waals surface area contributed by atoms with Gasteiger partial charge in [0.1, 0.15) is 0 Å². The summed E-state index contributed by atoms with van der Waals surface area (Å²) in [5, 5.41) is 4.19. The Hall–Kier alpha value is -0.870. The molecule has 1 aromatic heterocycles.